The highest BCUT2D eigenvalue weighted by Gasteiger charge is 2.05. The second-order valence-electron chi connectivity index (χ2n) is 2.48. The van der Waals surface area contributed by atoms with E-state index in [1.807, 2.05) is 0 Å². The Morgan fingerprint density at radius 1 is 1.57 bits per heavy atom. The third-order valence-corrected chi connectivity index (χ3v) is 1.55. The van der Waals surface area contributed by atoms with Crippen LogP contribution in [0.4, 0.5) is 0 Å². The van der Waals surface area contributed by atoms with Crippen LogP contribution in [0.1, 0.15) is 10.5 Å². The smallest absolute Gasteiger partial charge is 0.179 e. The number of nitrogens with zero attached hydrogens (tertiary/aromatic N) is 1. The van der Waals surface area contributed by atoms with Gasteiger partial charge in [0.25, 0.3) is 0 Å². The minimum atomic E-state index is 0.313. The molecule has 0 radical (unpaired) electrons. The molecular weight excluding hydrogens is 182 g/mol. The number of aldehydes is 1. The zero-order valence-corrected chi connectivity index (χ0v) is 7.90. The van der Waals surface area contributed by atoms with Crippen LogP contribution < -0.4 is 9.47 Å². The van der Waals surface area contributed by atoms with E-state index in [1.54, 1.807) is 6.08 Å². The van der Waals surface area contributed by atoms with Crippen molar-refractivity contribution in [3.63, 3.8) is 0 Å². The summed E-state index contributed by atoms with van der Waals surface area (Å²) in [5.41, 5.74) is 0.313. The third-order valence-electron chi connectivity index (χ3n) is 1.55. The normalized spacial score (nSPS) is 9.21. The van der Waals surface area contributed by atoms with E-state index in [4.69, 9.17) is 9.47 Å². The van der Waals surface area contributed by atoms with Crippen LogP contribution in [0, 0.1) is 0 Å². The highest BCUT2D eigenvalue weighted by atomic mass is 16.5. The number of methoxy groups -OCH3 is 1. The fourth-order valence-corrected chi connectivity index (χ4v) is 0.921. The monoisotopic (exact) mass is 193 g/mol. The van der Waals surface area contributed by atoms with Gasteiger partial charge in [0, 0.05) is 6.07 Å². The van der Waals surface area contributed by atoms with Crippen LogP contribution in [0.15, 0.2) is 24.9 Å². The standard InChI is InChI=1S/C10H11NO3/c1-3-4-14-10-6-11-8(7-12)5-9(10)13-2/h3,5-7H,1,4H2,2H3. The third kappa shape index (κ3) is 2.32. The Kier molecular flexibility index (Phi) is 3.67. The Balaban J connectivity index is 2.92. The quantitative estimate of drug-likeness (QED) is 0.524. The molecule has 1 aromatic heterocycles. The zero-order chi connectivity index (χ0) is 10.4. The molecule has 1 rings (SSSR count). The van der Waals surface area contributed by atoms with Gasteiger partial charge in [-0.05, 0) is 0 Å². The van der Waals surface area contributed by atoms with Gasteiger partial charge in [-0.3, -0.25) is 4.79 Å². The van der Waals surface area contributed by atoms with E-state index in [0.29, 0.717) is 30.1 Å². The maximum atomic E-state index is 10.4. The molecule has 0 aliphatic rings. The number of carbonyl (C=O) groups excluding carboxylic acids is 1. The Morgan fingerprint density at radius 3 is 2.93 bits per heavy atom. The van der Waals surface area contributed by atoms with Crippen LogP contribution in [-0.2, 0) is 0 Å². The maximum Gasteiger partial charge on any atom is 0.179 e. The van der Waals surface area contributed by atoms with E-state index in [-0.39, 0.29) is 0 Å². The highest BCUT2D eigenvalue weighted by Crippen LogP contribution is 2.25. The van der Waals surface area contributed by atoms with Crippen molar-refractivity contribution in [2.45, 2.75) is 0 Å². The highest BCUT2D eigenvalue weighted by molar-refractivity contribution is 5.73. The first-order valence-corrected chi connectivity index (χ1v) is 4.04. The lowest BCUT2D eigenvalue weighted by atomic mass is 10.3. The summed E-state index contributed by atoms with van der Waals surface area (Å²) in [6, 6.07) is 1.52. The van der Waals surface area contributed by atoms with Crippen LogP contribution >= 0.6 is 0 Å². The van der Waals surface area contributed by atoms with Gasteiger partial charge in [-0.2, -0.15) is 0 Å². The van der Waals surface area contributed by atoms with Gasteiger partial charge >= 0.3 is 0 Å². The van der Waals surface area contributed by atoms with Crippen LogP contribution in [0.5, 0.6) is 11.5 Å². The van der Waals surface area contributed by atoms with Gasteiger partial charge in [-0.25, -0.2) is 4.98 Å². The minimum absolute atomic E-state index is 0.313. The molecule has 0 aromatic carbocycles. The van der Waals surface area contributed by atoms with Gasteiger partial charge in [0.1, 0.15) is 12.3 Å². The summed E-state index contributed by atoms with van der Waals surface area (Å²) in [5, 5.41) is 0. The molecule has 0 N–H and O–H groups in total. The number of ether oxygens (including phenoxy) is 2. The topological polar surface area (TPSA) is 48.4 Å². The van der Waals surface area contributed by atoms with E-state index in [1.165, 1.54) is 19.4 Å². The lowest BCUT2D eigenvalue weighted by Gasteiger charge is -2.08. The maximum absolute atomic E-state index is 10.4. The summed E-state index contributed by atoms with van der Waals surface area (Å²) >= 11 is 0. The van der Waals surface area contributed by atoms with Crippen molar-refractivity contribution in [3.8, 4) is 11.5 Å². The molecule has 0 saturated carbocycles. The van der Waals surface area contributed by atoms with E-state index >= 15 is 0 Å². The Morgan fingerprint density at radius 2 is 2.36 bits per heavy atom. The first-order valence-electron chi connectivity index (χ1n) is 4.04. The number of carbonyl (C=O) groups is 1. The van der Waals surface area contributed by atoms with Crippen molar-refractivity contribution < 1.29 is 14.3 Å². The predicted molar refractivity (Wildman–Crippen MR) is 51.9 cm³/mol. The van der Waals surface area contributed by atoms with Crippen LogP contribution in [-0.4, -0.2) is 25.0 Å². The molecule has 0 bridgehead atoms. The van der Waals surface area contributed by atoms with Crippen molar-refractivity contribution in [2.75, 3.05) is 13.7 Å². The molecule has 0 amide bonds. The Bertz CT molecular complexity index is 336. The van der Waals surface area contributed by atoms with Gasteiger partial charge in [-0.1, -0.05) is 12.7 Å². The molecule has 1 heterocycles. The molecule has 0 unspecified atom stereocenters. The molecule has 0 aliphatic carbocycles. The fourth-order valence-electron chi connectivity index (χ4n) is 0.921. The fraction of sp³-hybridized carbons (Fsp3) is 0.200. The summed E-state index contributed by atoms with van der Waals surface area (Å²) in [4.78, 5) is 14.3. The van der Waals surface area contributed by atoms with Crippen molar-refractivity contribution in [2.24, 2.45) is 0 Å². The van der Waals surface area contributed by atoms with Crippen molar-refractivity contribution in [1.82, 2.24) is 4.98 Å². The summed E-state index contributed by atoms with van der Waals surface area (Å²) in [6.07, 6.45) is 3.72. The Hall–Kier alpha value is -1.84. The number of rotatable bonds is 5. The van der Waals surface area contributed by atoms with Crippen molar-refractivity contribution in [3.05, 3.63) is 30.6 Å². The molecule has 0 saturated heterocycles. The van der Waals surface area contributed by atoms with Gasteiger partial charge < -0.3 is 9.47 Å². The lowest BCUT2D eigenvalue weighted by molar-refractivity contribution is 0.111. The second kappa shape index (κ2) is 5.01. The predicted octanol–water partition coefficient (Wildman–Crippen LogP) is 1.47. The summed E-state index contributed by atoms with van der Waals surface area (Å²) in [5.74, 6) is 0.988. The summed E-state index contributed by atoms with van der Waals surface area (Å²) in [6.45, 7) is 3.90. The van der Waals surface area contributed by atoms with E-state index < -0.39 is 0 Å². The molecule has 0 atom stereocenters. The number of hydrogen-bond donors (Lipinski definition) is 0. The minimum Gasteiger partial charge on any atom is -0.493 e. The first kappa shape index (κ1) is 10.2. The lowest BCUT2D eigenvalue weighted by Crippen LogP contribution is -1.98. The molecule has 14 heavy (non-hydrogen) atoms. The summed E-state index contributed by atoms with van der Waals surface area (Å²) < 4.78 is 10.3. The average molecular weight is 193 g/mol. The van der Waals surface area contributed by atoms with Crippen LogP contribution in [0.25, 0.3) is 0 Å². The SMILES string of the molecule is C=CCOc1cnc(C=O)cc1OC. The van der Waals surface area contributed by atoms with Gasteiger partial charge in [0.2, 0.25) is 0 Å². The molecule has 0 aliphatic heterocycles. The Labute approximate surface area is 82.2 Å². The number of pyridine rings is 1. The average Bonchev–Trinajstić information content (AvgIpc) is 2.26. The second-order valence-corrected chi connectivity index (χ2v) is 2.48. The molecule has 1 aromatic rings. The van der Waals surface area contributed by atoms with Gasteiger partial charge in [0.05, 0.1) is 13.3 Å². The van der Waals surface area contributed by atoms with Crippen molar-refractivity contribution >= 4 is 6.29 Å². The number of aromatic nitrogens is 1. The van der Waals surface area contributed by atoms with Crippen molar-refractivity contribution in [1.29, 1.82) is 0 Å². The van der Waals surface area contributed by atoms with Gasteiger partial charge in [0.15, 0.2) is 17.8 Å². The largest absolute Gasteiger partial charge is 0.493 e. The van der Waals surface area contributed by atoms with Gasteiger partial charge in [-0.15, -0.1) is 0 Å². The van der Waals surface area contributed by atoms with E-state index in [2.05, 4.69) is 11.6 Å². The van der Waals surface area contributed by atoms with Crippen LogP contribution in [0.3, 0.4) is 0 Å². The zero-order valence-electron chi connectivity index (χ0n) is 7.90. The first-order chi connectivity index (χ1) is 6.81. The van der Waals surface area contributed by atoms with E-state index in [0.717, 1.165) is 0 Å². The molecule has 4 heteroatoms. The molecule has 4 nitrogen and oxygen atoms in total. The van der Waals surface area contributed by atoms with E-state index in [9.17, 15) is 4.79 Å². The summed E-state index contributed by atoms with van der Waals surface area (Å²) in [7, 11) is 1.50. The molecule has 74 valence electrons. The molecule has 0 spiro atoms. The molecule has 0 fully saturated rings. The molecular formula is C10H11NO3. The number of hydrogen-bond acceptors (Lipinski definition) is 4. The van der Waals surface area contributed by atoms with Crippen LogP contribution in [0.2, 0.25) is 0 Å².